The van der Waals surface area contributed by atoms with Crippen molar-refractivity contribution in [2.24, 2.45) is 4.99 Å². The number of benzene rings is 3. The number of nitrogens with zero attached hydrogens (tertiary/aromatic N) is 3. The Morgan fingerprint density at radius 3 is 2.67 bits per heavy atom. The second-order valence-corrected chi connectivity index (χ2v) is 9.09. The number of carbonyl (C=O) groups is 3. The Kier molecular flexibility index (Phi) is 6.91. The second kappa shape index (κ2) is 10.6. The molecule has 0 bridgehead atoms. The number of fused-ring (bicyclic) bond motifs is 1. The quantitative estimate of drug-likeness (QED) is 0.255. The van der Waals surface area contributed by atoms with Crippen LogP contribution in [0.1, 0.15) is 44.3 Å². The van der Waals surface area contributed by atoms with Gasteiger partial charge < -0.3 is 26.0 Å². The van der Waals surface area contributed by atoms with Crippen molar-refractivity contribution in [3.8, 4) is 0 Å². The average molecular weight is 529 g/mol. The van der Waals surface area contributed by atoms with Gasteiger partial charge in [-0.3, -0.25) is 29.5 Å². The summed E-state index contributed by atoms with van der Waals surface area (Å²) in [4.78, 5) is 54.3. The fraction of sp³-hybridized carbons (Fsp3) is 0.185. The van der Waals surface area contributed by atoms with Crippen molar-refractivity contribution in [2.75, 3.05) is 23.7 Å². The van der Waals surface area contributed by atoms with Crippen molar-refractivity contribution in [1.82, 2.24) is 10.2 Å². The lowest BCUT2D eigenvalue weighted by Gasteiger charge is -2.27. The van der Waals surface area contributed by atoms with Crippen LogP contribution in [0.5, 0.6) is 0 Å². The maximum atomic E-state index is 13.4. The summed E-state index contributed by atoms with van der Waals surface area (Å²) in [7, 11) is 0. The average Bonchev–Trinajstić information content (AvgIpc) is 3.55. The molecule has 1 atom stereocenters. The zero-order chi connectivity index (χ0) is 27.5. The molecular weight excluding hydrogens is 504 g/mol. The fourth-order valence-corrected chi connectivity index (χ4v) is 4.63. The molecule has 2 amide bonds. The maximum Gasteiger partial charge on any atom is 0.305 e. The number of nitro groups is 1. The van der Waals surface area contributed by atoms with E-state index in [2.05, 4.69) is 20.9 Å². The Hall–Kier alpha value is -5.26. The van der Waals surface area contributed by atoms with Gasteiger partial charge in [-0.25, -0.2) is 0 Å². The highest BCUT2D eigenvalue weighted by Crippen LogP contribution is 2.35. The highest BCUT2D eigenvalue weighted by molar-refractivity contribution is 6.07. The number of hydrogen-bond acceptors (Lipinski definition) is 8. The van der Waals surface area contributed by atoms with Crippen LogP contribution in [0.2, 0.25) is 0 Å². The number of aliphatic imine (C=N–C) groups is 1. The largest absolute Gasteiger partial charge is 0.481 e. The van der Waals surface area contributed by atoms with Crippen LogP contribution >= 0.6 is 0 Å². The molecule has 0 aliphatic carbocycles. The van der Waals surface area contributed by atoms with Crippen LogP contribution in [-0.2, 0) is 11.3 Å². The van der Waals surface area contributed by atoms with Crippen LogP contribution in [0, 0.1) is 10.1 Å². The number of rotatable bonds is 8. The number of anilines is 2. The Morgan fingerprint density at radius 1 is 1.10 bits per heavy atom. The van der Waals surface area contributed by atoms with E-state index in [9.17, 15) is 29.6 Å². The number of amides is 2. The number of guanidine groups is 1. The lowest BCUT2D eigenvalue weighted by atomic mass is 10.0. The number of carboxylic acids is 1. The molecule has 4 N–H and O–H groups in total. The minimum Gasteiger partial charge on any atom is -0.481 e. The zero-order valence-corrected chi connectivity index (χ0v) is 20.6. The molecule has 2 heterocycles. The third kappa shape index (κ3) is 5.54. The van der Waals surface area contributed by atoms with Gasteiger partial charge in [-0.2, -0.15) is 0 Å². The van der Waals surface area contributed by atoms with Crippen molar-refractivity contribution in [3.63, 3.8) is 0 Å². The number of nitrogens with one attached hydrogen (secondary N) is 3. The summed E-state index contributed by atoms with van der Waals surface area (Å²) in [6, 6.07) is 16.6. The number of hydrogen-bond donors (Lipinski definition) is 4. The van der Waals surface area contributed by atoms with Crippen molar-refractivity contribution >= 4 is 40.8 Å². The smallest absolute Gasteiger partial charge is 0.305 e. The van der Waals surface area contributed by atoms with Crippen LogP contribution in [-0.4, -0.2) is 51.8 Å². The van der Waals surface area contributed by atoms with Crippen LogP contribution < -0.4 is 16.0 Å². The lowest BCUT2D eigenvalue weighted by Crippen LogP contribution is -2.31. The first-order valence-electron chi connectivity index (χ1n) is 12.2. The lowest BCUT2D eigenvalue weighted by molar-refractivity contribution is -0.385. The highest BCUT2D eigenvalue weighted by Gasteiger charge is 2.35. The summed E-state index contributed by atoms with van der Waals surface area (Å²) in [6.45, 7) is 1.56. The van der Waals surface area contributed by atoms with E-state index in [0.717, 1.165) is 6.54 Å². The topological polar surface area (TPSA) is 166 Å². The predicted molar refractivity (Wildman–Crippen MR) is 143 cm³/mol. The molecule has 2 aliphatic heterocycles. The van der Waals surface area contributed by atoms with E-state index in [4.69, 9.17) is 0 Å². The highest BCUT2D eigenvalue weighted by atomic mass is 16.6. The van der Waals surface area contributed by atoms with E-state index in [1.165, 1.54) is 23.1 Å². The number of nitro benzene ring substituents is 1. The summed E-state index contributed by atoms with van der Waals surface area (Å²) in [6.07, 6.45) is -0.420. The summed E-state index contributed by atoms with van der Waals surface area (Å²) in [5, 5.41) is 29.8. The van der Waals surface area contributed by atoms with Gasteiger partial charge in [0.25, 0.3) is 17.5 Å². The molecule has 0 spiro atoms. The van der Waals surface area contributed by atoms with Gasteiger partial charge in [0, 0.05) is 47.7 Å². The van der Waals surface area contributed by atoms with E-state index in [-0.39, 0.29) is 18.1 Å². The summed E-state index contributed by atoms with van der Waals surface area (Å²) < 4.78 is 0. The van der Waals surface area contributed by atoms with Crippen LogP contribution in [0.3, 0.4) is 0 Å². The van der Waals surface area contributed by atoms with Gasteiger partial charge in [0.2, 0.25) is 0 Å². The number of carboxylic acid groups (broad SMARTS) is 1. The van der Waals surface area contributed by atoms with Crippen LogP contribution in [0.15, 0.2) is 71.7 Å². The molecule has 0 fully saturated rings. The Morgan fingerprint density at radius 2 is 1.92 bits per heavy atom. The monoisotopic (exact) mass is 528 g/mol. The molecule has 1 unspecified atom stereocenters. The minimum absolute atomic E-state index is 0.134. The van der Waals surface area contributed by atoms with Gasteiger partial charge in [-0.15, -0.1) is 0 Å². The van der Waals surface area contributed by atoms with Crippen molar-refractivity contribution in [2.45, 2.75) is 19.0 Å². The van der Waals surface area contributed by atoms with E-state index in [0.29, 0.717) is 46.1 Å². The molecule has 198 valence electrons. The number of non-ortho nitro benzene ring substituents is 1. The Labute approximate surface area is 222 Å². The Balaban J connectivity index is 1.34. The van der Waals surface area contributed by atoms with Gasteiger partial charge in [0.05, 0.1) is 23.9 Å². The van der Waals surface area contributed by atoms with Crippen LogP contribution in [0.25, 0.3) is 0 Å². The molecule has 39 heavy (non-hydrogen) atoms. The second-order valence-electron chi connectivity index (χ2n) is 9.09. The molecule has 0 radical (unpaired) electrons. The minimum atomic E-state index is -1.14. The fourth-order valence-electron chi connectivity index (χ4n) is 4.63. The molecule has 3 aromatic carbocycles. The third-order valence-corrected chi connectivity index (χ3v) is 6.47. The van der Waals surface area contributed by atoms with E-state index < -0.39 is 29.3 Å². The number of carbonyl (C=O) groups excluding carboxylic acids is 2. The first-order valence-corrected chi connectivity index (χ1v) is 12.2. The number of aliphatic carboxylic acids is 1. The first-order chi connectivity index (χ1) is 18.8. The van der Waals surface area contributed by atoms with Crippen molar-refractivity contribution < 1.29 is 24.4 Å². The summed E-state index contributed by atoms with van der Waals surface area (Å²) >= 11 is 0. The van der Waals surface area contributed by atoms with E-state index >= 15 is 0 Å². The van der Waals surface area contributed by atoms with Gasteiger partial charge in [-0.05, 0) is 41.5 Å². The van der Waals surface area contributed by atoms with E-state index in [1.54, 1.807) is 42.5 Å². The van der Waals surface area contributed by atoms with Gasteiger partial charge in [0.15, 0.2) is 5.96 Å². The van der Waals surface area contributed by atoms with Crippen LogP contribution in [0.4, 0.5) is 17.1 Å². The first kappa shape index (κ1) is 25.4. The van der Waals surface area contributed by atoms with Gasteiger partial charge in [-0.1, -0.05) is 24.3 Å². The molecule has 0 saturated carbocycles. The maximum absolute atomic E-state index is 13.4. The van der Waals surface area contributed by atoms with Gasteiger partial charge in [0.1, 0.15) is 0 Å². The SMILES string of the molecule is O=C(O)CC(c1cccc([N+](=O)[O-])c1)N1Cc2ccc(NC(=O)c3cccc(NC4=NCCN4)c3)cc2C1=O. The summed E-state index contributed by atoms with van der Waals surface area (Å²) in [5.41, 5.74) is 2.65. The Bertz CT molecular complexity index is 1520. The van der Waals surface area contributed by atoms with E-state index in [1.807, 2.05) is 6.07 Å². The zero-order valence-electron chi connectivity index (χ0n) is 20.6. The molecule has 3 aromatic rings. The molecular formula is C27H24N6O6. The normalized spacial score (nSPS) is 14.7. The summed E-state index contributed by atoms with van der Waals surface area (Å²) in [5.74, 6) is -1.30. The third-order valence-electron chi connectivity index (χ3n) is 6.47. The molecule has 12 heteroatoms. The van der Waals surface area contributed by atoms with Crippen molar-refractivity contribution in [1.29, 1.82) is 0 Å². The molecule has 12 nitrogen and oxygen atoms in total. The van der Waals surface area contributed by atoms with Gasteiger partial charge >= 0.3 is 5.97 Å². The van der Waals surface area contributed by atoms with Crippen molar-refractivity contribution in [3.05, 3.63) is 99.1 Å². The predicted octanol–water partition coefficient (Wildman–Crippen LogP) is 3.39. The molecule has 5 rings (SSSR count). The molecule has 2 aliphatic rings. The molecule has 0 saturated heterocycles. The molecule has 0 aromatic heterocycles. The standard InChI is InChI=1S/C27H24N6O6/c34-24(35)14-23(16-3-2-6-21(12-16)33(38)39)32-15-18-7-8-20(13-22(18)26(32)37)30-25(36)17-4-1-5-19(11-17)31-27-28-9-10-29-27/h1-8,11-13,23H,9-10,14-15H2,(H,30,36)(H,34,35)(H2,28,29,31).